The zero-order valence-corrected chi connectivity index (χ0v) is 21.0. The number of fused-ring (bicyclic) bond motifs is 1. The highest BCUT2D eigenvalue weighted by Crippen LogP contribution is 2.44. The quantitative estimate of drug-likeness (QED) is 0.308. The molecule has 1 aliphatic rings. The van der Waals surface area contributed by atoms with Gasteiger partial charge in [-0.25, -0.2) is 0 Å². The number of nitrogens with one attached hydrogen (secondary N) is 3. The summed E-state index contributed by atoms with van der Waals surface area (Å²) < 4.78 is 5.28. The molecule has 0 amide bonds. The fourth-order valence-electron chi connectivity index (χ4n) is 4.94. The SMILES string of the molecule is C=C(COC)Sc1c(-c2[nH]c3cc(C(O)(CC)CC)ccc3c2C2CCNCC2)n[nH]c1C. The summed E-state index contributed by atoms with van der Waals surface area (Å²) in [7, 11) is 1.69. The molecule has 178 valence electrons. The van der Waals surface area contributed by atoms with E-state index in [1.54, 1.807) is 18.9 Å². The van der Waals surface area contributed by atoms with E-state index < -0.39 is 5.60 Å². The van der Waals surface area contributed by atoms with Gasteiger partial charge in [0.15, 0.2) is 0 Å². The number of ether oxygens (including phenoxy) is 1. The van der Waals surface area contributed by atoms with Crippen LogP contribution in [0.15, 0.2) is 34.6 Å². The molecule has 33 heavy (non-hydrogen) atoms. The molecule has 0 radical (unpaired) electrons. The van der Waals surface area contributed by atoms with Gasteiger partial charge in [0, 0.05) is 28.6 Å². The molecule has 3 heterocycles. The van der Waals surface area contributed by atoms with Crippen molar-refractivity contribution in [2.45, 2.75) is 62.9 Å². The zero-order valence-electron chi connectivity index (χ0n) is 20.2. The maximum absolute atomic E-state index is 11.1. The number of hydrogen-bond acceptors (Lipinski definition) is 5. The van der Waals surface area contributed by atoms with Crippen LogP contribution in [0.3, 0.4) is 0 Å². The average molecular weight is 469 g/mol. The number of nitrogens with zero attached hydrogens (tertiary/aromatic N) is 1. The van der Waals surface area contributed by atoms with E-state index in [2.05, 4.69) is 40.2 Å². The summed E-state index contributed by atoms with van der Waals surface area (Å²) in [6.07, 6.45) is 3.56. The highest BCUT2D eigenvalue weighted by Gasteiger charge is 2.29. The number of rotatable bonds is 9. The molecule has 0 saturated carbocycles. The van der Waals surface area contributed by atoms with E-state index in [0.717, 1.165) is 63.9 Å². The highest BCUT2D eigenvalue weighted by atomic mass is 32.2. The van der Waals surface area contributed by atoms with Crippen molar-refractivity contribution in [1.29, 1.82) is 0 Å². The first-order valence-electron chi connectivity index (χ1n) is 11.9. The van der Waals surface area contributed by atoms with Gasteiger partial charge < -0.3 is 20.1 Å². The van der Waals surface area contributed by atoms with Crippen molar-refractivity contribution in [1.82, 2.24) is 20.5 Å². The number of aliphatic hydroxyl groups is 1. The van der Waals surface area contributed by atoms with Crippen molar-refractivity contribution in [2.24, 2.45) is 0 Å². The molecule has 6 nitrogen and oxygen atoms in total. The molecule has 1 aliphatic heterocycles. The summed E-state index contributed by atoms with van der Waals surface area (Å²) in [5.74, 6) is 0.453. The number of aryl methyl sites for hydroxylation is 1. The molecule has 4 N–H and O–H groups in total. The topological polar surface area (TPSA) is 86.0 Å². The van der Waals surface area contributed by atoms with E-state index in [9.17, 15) is 5.11 Å². The molecular weight excluding hydrogens is 432 g/mol. The molecule has 7 heteroatoms. The summed E-state index contributed by atoms with van der Waals surface area (Å²) in [5, 5.41) is 23.8. The molecule has 0 aliphatic carbocycles. The van der Waals surface area contributed by atoms with Gasteiger partial charge in [-0.2, -0.15) is 5.10 Å². The first-order chi connectivity index (χ1) is 15.9. The van der Waals surface area contributed by atoms with Crippen LogP contribution in [0.1, 0.15) is 62.3 Å². The van der Waals surface area contributed by atoms with E-state index in [1.165, 1.54) is 10.9 Å². The van der Waals surface area contributed by atoms with E-state index in [1.807, 2.05) is 20.8 Å². The van der Waals surface area contributed by atoms with E-state index in [0.29, 0.717) is 25.4 Å². The normalized spacial score (nSPS) is 15.4. The number of aromatic amines is 2. The van der Waals surface area contributed by atoms with Crippen molar-refractivity contribution in [3.63, 3.8) is 0 Å². The standard InChI is InChI=1S/C26H36N4O2S/c1-6-26(31,7-2)19-8-9-20-21(14-19)28-23(22(20)18-10-12-27-13-11-18)24-25(17(4)29-30-24)33-16(3)15-32-5/h8-9,14,18,27-28,31H,3,6-7,10-13,15H2,1-2,4-5H3,(H,29,30). The minimum atomic E-state index is -0.809. The van der Waals surface area contributed by atoms with E-state index in [-0.39, 0.29) is 0 Å². The van der Waals surface area contributed by atoms with Crippen molar-refractivity contribution < 1.29 is 9.84 Å². The number of hydrogen-bond donors (Lipinski definition) is 4. The summed E-state index contributed by atoms with van der Waals surface area (Å²) in [6, 6.07) is 6.42. The second-order valence-electron chi connectivity index (χ2n) is 9.04. The average Bonchev–Trinajstić information content (AvgIpc) is 3.39. The van der Waals surface area contributed by atoms with Gasteiger partial charge in [-0.15, -0.1) is 0 Å². The zero-order chi connectivity index (χ0) is 23.6. The predicted molar refractivity (Wildman–Crippen MR) is 137 cm³/mol. The Labute approximate surface area is 200 Å². The van der Waals surface area contributed by atoms with Gasteiger partial charge in [0.25, 0.3) is 0 Å². The lowest BCUT2D eigenvalue weighted by molar-refractivity contribution is 0.0285. The van der Waals surface area contributed by atoms with E-state index in [4.69, 9.17) is 9.84 Å². The van der Waals surface area contributed by atoms with Crippen LogP contribution in [-0.2, 0) is 10.3 Å². The molecule has 1 saturated heterocycles. The smallest absolute Gasteiger partial charge is 0.123 e. The fraction of sp³-hybridized carbons (Fsp3) is 0.500. The van der Waals surface area contributed by atoms with Gasteiger partial charge in [0.1, 0.15) is 5.69 Å². The van der Waals surface area contributed by atoms with Gasteiger partial charge in [0.2, 0.25) is 0 Å². The number of thioether (sulfide) groups is 1. The van der Waals surface area contributed by atoms with Crippen LogP contribution in [0.25, 0.3) is 22.3 Å². The maximum atomic E-state index is 11.1. The molecule has 1 aromatic carbocycles. The van der Waals surface area contributed by atoms with Crippen LogP contribution in [0.4, 0.5) is 0 Å². The lowest BCUT2D eigenvalue weighted by atomic mass is 9.85. The van der Waals surface area contributed by atoms with Crippen molar-refractivity contribution in [3.8, 4) is 11.4 Å². The monoisotopic (exact) mass is 468 g/mol. The molecular formula is C26H36N4O2S. The van der Waals surface area contributed by atoms with Crippen LogP contribution >= 0.6 is 11.8 Å². The van der Waals surface area contributed by atoms with Crippen LogP contribution in [-0.4, -0.2) is 47.1 Å². The second-order valence-corrected chi connectivity index (χ2v) is 10.2. The van der Waals surface area contributed by atoms with Gasteiger partial charge in [-0.3, -0.25) is 5.10 Å². The number of methoxy groups -OCH3 is 1. The second kappa shape index (κ2) is 10.1. The lowest BCUT2D eigenvalue weighted by Crippen LogP contribution is -2.26. The first-order valence-corrected chi connectivity index (χ1v) is 12.7. The molecule has 3 aromatic rings. The summed E-state index contributed by atoms with van der Waals surface area (Å²) in [6.45, 7) is 12.8. The Morgan fingerprint density at radius 2 is 2.00 bits per heavy atom. The maximum Gasteiger partial charge on any atom is 0.123 e. The number of H-pyrrole nitrogens is 2. The molecule has 4 rings (SSSR count). The molecule has 0 spiro atoms. The van der Waals surface area contributed by atoms with Crippen LogP contribution < -0.4 is 5.32 Å². The minimum absolute atomic E-state index is 0.453. The van der Waals surface area contributed by atoms with Gasteiger partial charge in [-0.05, 0) is 68.8 Å². The highest BCUT2D eigenvalue weighted by molar-refractivity contribution is 8.03. The molecule has 0 unspecified atom stereocenters. The van der Waals surface area contributed by atoms with Crippen LogP contribution in [0.5, 0.6) is 0 Å². The molecule has 1 fully saturated rings. The summed E-state index contributed by atoms with van der Waals surface area (Å²) in [5.41, 5.74) is 5.57. The molecule has 2 aromatic heterocycles. The van der Waals surface area contributed by atoms with Crippen molar-refractivity contribution >= 4 is 22.7 Å². The molecule has 0 bridgehead atoms. The Morgan fingerprint density at radius 1 is 1.27 bits per heavy atom. The van der Waals surface area contributed by atoms with Gasteiger partial charge in [0.05, 0.1) is 22.8 Å². The first kappa shape index (κ1) is 24.1. The third-order valence-electron chi connectivity index (χ3n) is 6.97. The largest absolute Gasteiger partial charge is 0.385 e. The third kappa shape index (κ3) is 4.64. The van der Waals surface area contributed by atoms with Gasteiger partial charge in [-0.1, -0.05) is 44.3 Å². The third-order valence-corrected chi connectivity index (χ3v) is 8.08. The number of piperidine rings is 1. The minimum Gasteiger partial charge on any atom is -0.385 e. The Hall–Kier alpha value is -2.06. The molecule has 0 atom stereocenters. The van der Waals surface area contributed by atoms with E-state index >= 15 is 0 Å². The summed E-state index contributed by atoms with van der Waals surface area (Å²) in [4.78, 5) is 5.74. The fourth-order valence-corrected chi connectivity index (χ4v) is 5.84. The predicted octanol–water partition coefficient (Wildman–Crippen LogP) is 5.59. The van der Waals surface area contributed by atoms with Crippen molar-refractivity contribution in [3.05, 3.63) is 46.5 Å². The van der Waals surface area contributed by atoms with Crippen LogP contribution in [0.2, 0.25) is 0 Å². The summed E-state index contributed by atoms with van der Waals surface area (Å²) >= 11 is 1.62. The Kier molecular flexibility index (Phi) is 7.34. The Balaban J connectivity index is 1.88. The Bertz CT molecular complexity index is 1120. The van der Waals surface area contributed by atoms with Gasteiger partial charge >= 0.3 is 0 Å². The van der Waals surface area contributed by atoms with Crippen LogP contribution in [0, 0.1) is 6.92 Å². The Morgan fingerprint density at radius 3 is 2.67 bits per heavy atom. The van der Waals surface area contributed by atoms with Crippen molar-refractivity contribution in [2.75, 3.05) is 26.8 Å². The number of aromatic nitrogens is 3. The lowest BCUT2D eigenvalue weighted by Gasteiger charge is -2.26. The number of benzene rings is 1.